The summed E-state index contributed by atoms with van der Waals surface area (Å²) in [6.45, 7) is 4.46. The molecule has 0 aliphatic heterocycles. The summed E-state index contributed by atoms with van der Waals surface area (Å²) < 4.78 is 6.69. The maximum Gasteiger partial charge on any atom is -0.0295 e. The van der Waals surface area contributed by atoms with E-state index in [2.05, 4.69) is 26.8 Å². The van der Waals surface area contributed by atoms with Crippen molar-refractivity contribution in [1.29, 1.82) is 0 Å². The Balaban J connectivity index is 0. The Morgan fingerprint density at radius 3 is 1.38 bits per heavy atom. The fraction of sp³-hybridized carbons (Fsp3) is 1.00. The highest BCUT2D eigenvalue weighted by Crippen LogP contribution is 1.95. The van der Waals surface area contributed by atoms with Crippen LogP contribution in [0.1, 0.15) is 39.5 Å². The van der Waals surface area contributed by atoms with Crippen LogP contribution in [0.4, 0.5) is 0 Å². The molecule has 0 unspecified atom stereocenters. The van der Waals surface area contributed by atoms with Crippen molar-refractivity contribution in [3.8, 4) is 0 Å². The first kappa shape index (κ1) is 11.2. The predicted octanol–water partition coefficient (Wildman–Crippen LogP) is 2.98. The topological polar surface area (TPSA) is 20.2 Å². The molecule has 0 aromatic carbocycles. The summed E-state index contributed by atoms with van der Waals surface area (Å²) >= 11 is 2.53. The number of unbranched alkanes of at least 4 members (excludes halogenated alkanes) is 3. The van der Waals surface area contributed by atoms with Crippen LogP contribution in [-0.4, -0.2) is 4.55 Å². The quantitative estimate of drug-likeness (QED) is 0.347. The van der Waals surface area contributed by atoms with Crippen LogP contribution in [0.2, 0.25) is 0 Å². The van der Waals surface area contributed by atoms with Crippen molar-refractivity contribution in [1.82, 2.24) is 0 Å². The standard InChI is InChI=1S/C6H14.H2OS/c1-3-5-6-4-2;1-2/h3-6H2,1-2H3;1-2H. The summed E-state index contributed by atoms with van der Waals surface area (Å²) in [5.74, 6) is 0. The highest BCUT2D eigenvalue weighted by Gasteiger charge is 1.75. The van der Waals surface area contributed by atoms with Gasteiger partial charge in [-0.2, -0.15) is 0 Å². The zero-order valence-electron chi connectivity index (χ0n) is 5.72. The van der Waals surface area contributed by atoms with Crippen molar-refractivity contribution >= 4 is 12.9 Å². The predicted molar refractivity (Wildman–Crippen MR) is 41.4 cm³/mol. The first-order valence-corrected chi connectivity index (χ1v) is 3.51. The molecule has 0 saturated carbocycles. The highest BCUT2D eigenvalue weighted by molar-refractivity contribution is 7.74. The van der Waals surface area contributed by atoms with Gasteiger partial charge >= 0.3 is 0 Å². The largest absolute Gasteiger partial charge is 0.333 e. The molecule has 0 amide bonds. The molecule has 0 fully saturated rings. The molecule has 0 atom stereocenters. The van der Waals surface area contributed by atoms with Gasteiger partial charge in [0.05, 0.1) is 0 Å². The minimum atomic E-state index is 1.36. The van der Waals surface area contributed by atoms with Gasteiger partial charge in [-0.15, -0.1) is 0 Å². The van der Waals surface area contributed by atoms with Gasteiger partial charge in [0.15, 0.2) is 0 Å². The van der Waals surface area contributed by atoms with Gasteiger partial charge in [0, 0.05) is 0 Å². The number of rotatable bonds is 3. The molecular weight excluding hydrogens is 120 g/mol. The molecular formula is C6H16OS. The summed E-state index contributed by atoms with van der Waals surface area (Å²) in [7, 11) is 0. The molecule has 1 nitrogen and oxygen atoms in total. The van der Waals surface area contributed by atoms with Crippen LogP contribution in [0.5, 0.6) is 0 Å². The molecule has 0 spiro atoms. The average molecular weight is 136 g/mol. The Bertz CT molecular complexity index is 20.5. The fourth-order valence-corrected chi connectivity index (χ4v) is 0.500. The summed E-state index contributed by atoms with van der Waals surface area (Å²) in [6, 6.07) is 0. The van der Waals surface area contributed by atoms with E-state index in [0.29, 0.717) is 0 Å². The molecule has 0 radical (unpaired) electrons. The van der Waals surface area contributed by atoms with Crippen molar-refractivity contribution in [2.45, 2.75) is 39.5 Å². The van der Waals surface area contributed by atoms with Crippen molar-refractivity contribution in [3.63, 3.8) is 0 Å². The second-order valence-corrected chi connectivity index (χ2v) is 1.71. The van der Waals surface area contributed by atoms with E-state index in [-0.39, 0.29) is 0 Å². The van der Waals surface area contributed by atoms with Crippen LogP contribution in [0.15, 0.2) is 0 Å². The lowest BCUT2D eigenvalue weighted by molar-refractivity contribution is 0.679. The van der Waals surface area contributed by atoms with E-state index in [0.717, 1.165) is 0 Å². The van der Waals surface area contributed by atoms with E-state index >= 15 is 0 Å². The maximum atomic E-state index is 6.69. The van der Waals surface area contributed by atoms with Gasteiger partial charge in [-0.05, 0) is 12.9 Å². The van der Waals surface area contributed by atoms with Gasteiger partial charge in [0.1, 0.15) is 0 Å². The van der Waals surface area contributed by atoms with Crippen LogP contribution in [0, 0.1) is 0 Å². The molecule has 0 bridgehead atoms. The van der Waals surface area contributed by atoms with E-state index in [4.69, 9.17) is 4.55 Å². The molecule has 0 aliphatic carbocycles. The monoisotopic (exact) mass is 136 g/mol. The minimum absolute atomic E-state index is 1.36. The molecule has 0 saturated heterocycles. The Morgan fingerprint density at radius 2 is 1.25 bits per heavy atom. The summed E-state index contributed by atoms with van der Waals surface area (Å²) in [6.07, 6.45) is 5.54. The van der Waals surface area contributed by atoms with Gasteiger partial charge in [0.25, 0.3) is 0 Å². The molecule has 1 N–H and O–H groups in total. The second kappa shape index (κ2) is 15.7. The zero-order chi connectivity index (χ0) is 6.83. The maximum absolute atomic E-state index is 6.69. The lowest BCUT2D eigenvalue weighted by Crippen LogP contribution is -1.66. The summed E-state index contributed by atoms with van der Waals surface area (Å²) in [5, 5.41) is 0. The van der Waals surface area contributed by atoms with Crippen molar-refractivity contribution in [2.75, 3.05) is 0 Å². The molecule has 8 heavy (non-hydrogen) atoms. The SMILES string of the molecule is CCCCCC.OS. The van der Waals surface area contributed by atoms with E-state index in [1.807, 2.05) is 0 Å². The average Bonchev–Trinajstić information content (AvgIpc) is 1.88. The van der Waals surface area contributed by atoms with Crippen LogP contribution < -0.4 is 0 Å². The van der Waals surface area contributed by atoms with Gasteiger partial charge < -0.3 is 4.55 Å². The molecule has 0 aromatic heterocycles. The van der Waals surface area contributed by atoms with E-state index in [1.54, 1.807) is 0 Å². The Kier molecular flexibility index (Phi) is 21.8. The molecule has 0 rings (SSSR count). The molecule has 0 aliphatic rings. The summed E-state index contributed by atoms with van der Waals surface area (Å²) in [5.41, 5.74) is 0. The van der Waals surface area contributed by atoms with Crippen LogP contribution >= 0.6 is 12.9 Å². The van der Waals surface area contributed by atoms with Crippen LogP contribution in [0.3, 0.4) is 0 Å². The van der Waals surface area contributed by atoms with Crippen LogP contribution in [-0.2, 0) is 0 Å². The summed E-state index contributed by atoms with van der Waals surface area (Å²) in [4.78, 5) is 0. The molecule has 2 heteroatoms. The number of hydrogen-bond acceptors (Lipinski definition) is 2. The van der Waals surface area contributed by atoms with E-state index in [9.17, 15) is 0 Å². The van der Waals surface area contributed by atoms with Gasteiger partial charge in [0.2, 0.25) is 0 Å². The van der Waals surface area contributed by atoms with Gasteiger partial charge in [-0.25, -0.2) is 0 Å². The highest BCUT2D eigenvalue weighted by atomic mass is 32.1. The van der Waals surface area contributed by atoms with E-state index < -0.39 is 0 Å². The Morgan fingerprint density at radius 1 is 1.00 bits per heavy atom. The second-order valence-electron chi connectivity index (χ2n) is 1.71. The van der Waals surface area contributed by atoms with Crippen molar-refractivity contribution in [3.05, 3.63) is 0 Å². The van der Waals surface area contributed by atoms with Gasteiger partial charge in [-0.3, -0.25) is 0 Å². The molecule has 0 heterocycles. The fourth-order valence-electron chi connectivity index (χ4n) is 0.500. The van der Waals surface area contributed by atoms with Crippen LogP contribution in [0.25, 0.3) is 0 Å². The first-order chi connectivity index (χ1) is 3.91. The molecule has 52 valence electrons. The third-order valence-electron chi connectivity index (χ3n) is 0.957. The van der Waals surface area contributed by atoms with Gasteiger partial charge in [-0.1, -0.05) is 39.5 Å². The van der Waals surface area contributed by atoms with Crippen molar-refractivity contribution in [2.24, 2.45) is 0 Å². The Labute approximate surface area is 57.7 Å². The minimum Gasteiger partial charge on any atom is -0.333 e. The first-order valence-electron chi connectivity index (χ1n) is 3.11. The van der Waals surface area contributed by atoms with Crippen molar-refractivity contribution < 1.29 is 4.55 Å². The Hall–Kier alpha value is 0.310. The smallest absolute Gasteiger partial charge is 0.0295 e. The number of thiol groups is 1. The molecule has 0 aromatic rings. The third-order valence-corrected chi connectivity index (χ3v) is 0.957. The zero-order valence-corrected chi connectivity index (χ0v) is 6.62. The normalized spacial score (nSPS) is 7.50. The lowest BCUT2D eigenvalue weighted by atomic mass is 10.2. The van der Waals surface area contributed by atoms with E-state index in [1.165, 1.54) is 25.7 Å². The lowest BCUT2D eigenvalue weighted by Gasteiger charge is -1.86. The third kappa shape index (κ3) is 16.2. The number of hydrogen-bond donors (Lipinski definition) is 2.